The third kappa shape index (κ3) is 4.04. The highest BCUT2D eigenvalue weighted by Gasteiger charge is 2.47. The van der Waals surface area contributed by atoms with Gasteiger partial charge in [-0.2, -0.15) is 0 Å². The monoisotopic (exact) mass is 290 g/mol. The summed E-state index contributed by atoms with van der Waals surface area (Å²) in [5.41, 5.74) is -0.569. The van der Waals surface area contributed by atoms with Crippen molar-refractivity contribution in [2.75, 3.05) is 0 Å². The molecule has 112 valence electrons. The molecule has 0 spiro atoms. The van der Waals surface area contributed by atoms with Crippen LogP contribution in [-0.4, -0.2) is 15.4 Å². The van der Waals surface area contributed by atoms with Crippen molar-refractivity contribution in [2.45, 2.75) is 70.8 Å². The van der Waals surface area contributed by atoms with E-state index in [1.165, 1.54) is 6.42 Å². The molecule has 4 nitrogen and oxygen atoms in total. The van der Waals surface area contributed by atoms with Crippen molar-refractivity contribution < 1.29 is 18.9 Å². The summed E-state index contributed by atoms with van der Waals surface area (Å²) in [5.74, 6) is 1.61. The van der Waals surface area contributed by atoms with Gasteiger partial charge in [-0.3, -0.25) is 4.52 Å². The Morgan fingerprint density at radius 1 is 1.05 bits per heavy atom. The summed E-state index contributed by atoms with van der Waals surface area (Å²) in [6.07, 6.45) is 8.14. The van der Waals surface area contributed by atoms with Crippen molar-refractivity contribution in [2.24, 2.45) is 17.8 Å². The van der Waals surface area contributed by atoms with Gasteiger partial charge in [-0.25, -0.2) is 4.57 Å². The van der Waals surface area contributed by atoms with E-state index < -0.39 is 13.4 Å². The molecule has 2 N–H and O–H groups in total. The van der Waals surface area contributed by atoms with E-state index in [2.05, 4.69) is 13.8 Å². The van der Waals surface area contributed by atoms with E-state index in [1.807, 2.05) is 0 Å². The van der Waals surface area contributed by atoms with Gasteiger partial charge in [0.1, 0.15) is 0 Å². The van der Waals surface area contributed by atoms with Crippen LogP contribution in [0.25, 0.3) is 0 Å². The van der Waals surface area contributed by atoms with Gasteiger partial charge in [0.2, 0.25) is 0 Å². The number of phosphoric ester groups is 1. The molecular weight excluding hydrogens is 263 g/mol. The first-order chi connectivity index (χ1) is 8.81. The van der Waals surface area contributed by atoms with Gasteiger partial charge >= 0.3 is 7.82 Å². The summed E-state index contributed by atoms with van der Waals surface area (Å²) in [7, 11) is -4.41. The lowest BCUT2D eigenvalue weighted by atomic mass is 9.66. The molecule has 0 radical (unpaired) electrons. The minimum Gasteiger partial charge on any atom is -0.303 e. The minimum absolute atomic E-state index is 0.316. The second-order valence-electron chi connectivity index (χ2n) is 6.80. The predicted octanol–water partition coefficient (Wildman–Crippen LogP) is 3.87. The Balaban J connectivity index is 2.16. The topological polar surface area (TPSA) is 66.8 Å². The van der Waals surface area contributed by atoms with E-state index in [0.717, 1.165) is 44.9 Å². The minimum atomic E-state index is -4.41. The lowest BCUT2D eigenvalue weighted by molar-refractivity contribution is -0.0688. The van der Waals surface area contributed by atoms with Gasteiger partial charge in [-0.05, 0) is 56.3 Å². The standard InChI is InChI=1S/C14H27O4P/c1-11-6-8-14(9-7-11,18-19(15,16)17)13-5-3-4-12(2)10-13/h11-13H,3-10H2,1-2H3,(H2,15,16,17). The van der Waals surface area contributed by atoms with Gasteiger partial charge < -0.3 is 9.79 Å². The number of hydrogen-bond donors (Lipinski definition) is 2. The summed E-state index contributed by atoms with van der Waals surface area (Å²) < 4.78 is 16.8. The highest BCUT2D eigenvalue weighted by atomic mass is 31.2. The van der Waals surface area contributed by atoms with Crippen LogP contribution in [0, 0.1) is 17.8 Å². The molecular formula is C14H27O4P. The van der Waals surface area contributed by atoms with Crippen LogP contribution in [0.2, 0.25) is 0 Å². The van der Waals surface area contributed by atoms with Gasteiger partial charge in [0.15, 0.2) is 0 Å². The first-order valence-corrected chi connectivity index (χ1v) is 9.10. The SMILES string of the molecule is CC1CCC(OP(=O)(O)O)(C2CCCC(C)C2)CC1. The Labute approximate surface area is 116 Å². The fraction of sp³-hybridized carbons (Fsp3) is 1.00. The van der Waals surface area contributed by atoms with Crippen molar-refractivity contribution in [1.82, 2.24) is 0 Å². The van der Waals surface area contributed by atoms with Gasteiger partial charge in [-0.1, -0.05) is 26.7 Å². The van der Waals surface area contributed by atoms with Crippen molar-refractivity contribution in [3.8, 4) is 0 Å². The zero-order valence-corrected chi connectivity index (χ0v) is 12.9. The maximum absolute atomic E-state index is 11.4. The fourth-order valence-corrected chi connectivity index (χ4v) is 4.78. The third-order valence-electron chi connectivity index (χ3n) is 5.10. The van der Waals surface area contributed by atoms with E-state index in [4.69, 9.17) is 4.52 Å². The van der Waals surface area contributed by atoms with Crippen molar-refractivity contribution in [3.63, 3.8) is 0 Å². The largest absolute Gasteiger partial charge is 0.470 e. The molecule has 0 aromatic rings. The molecule has 0 aromatic heterocycles. The molecule has 0 aliphatic heterocycles. The van der Waals surface area contributed by atoms with Gasteiger partial charge in [-0.15, -0.1) is 0 Å². The fourth-order valence-electron chi connectivity index (χ4n) is 3.97. The molecule has 2 unspecified atom stereocenters. The number of rotatable bonds is 3. The first-order valence-electron chi connectivity index (χ1n) is 7.57. The highest BCUT2D eigenvalue weighted by Crippen LogP contribution is 2.54. The Kier molecular flexibility index (Phi) is 4.77. The maximum Gasteiger partial charge on any atom is 0.470 e. The van der Waals surface area contributed by atoms with E-state index >= 15 is 0 Å². The summed E-state index contributed by atoms with van der Waals surface area (Å²) >= 11 is 0. The molecule has 19 heavy (non-hydrogen) atoms. The first kappa shape index (κ1) is 15.5. The second-order valence-corrected chi connectivity index (χ2v) is 7.96. The van der Waals surface area contributed by atoms with Crippen LogP contribution in [0.1, 0.15) is 65.2 Å². The Morgan fingerprint density at radius 3 is 2.21 bits per heavy atom. The highest BCUT2D eigenvalue weighted by molar-refractivity contribution is 7.46. The lowest BCUT2D eigenvalue weighted by Crippen LogP contribution is -2.45. The van der Waals surface area contributed by atoms with Crippen LogP contribution in [0.3, 0.4) is 0 Å². The summed E-state index contributed by atoms with van der Waals surface area (Å²) in [4.78, 5) is 18.6. The van der Waals surface area contributed by atoms with Crippen LogP contribution in [0.5, 0.6) is 0 Å². The molecule has 2 saturated carbocycles. The lowest BCUT2D eigenvalue weighted by Gasteiger charge is -2.47. The molecule has 0 bridgehead atoms. The van der Waals surface area contributed by atoms with Crippen LogP contribution >= 0.6 is 7.82 Å². The molecule has 2 atom stereocenters. The van der Waals surface area contributed by atoms with Crippen LogP contribution in [0.15, 0.2) is 0 Å². The third-order valence-corrected chi connectivity index (χ3v) is 5.70. The molecule has 0 amide bonds. The predicted molar refractivity (Wildman–Crippen MR) is 74.6 cm³/mol. The van der Waals surface area contributed by atoms with E-state index in [9.17, 15) is 14.4 Å². The zero-order valence-electron chi connectivity index (χ0n) is 12.0. The summed E-state index contributed by atoms with van der Waals surface area (Å²) in [6.45, 7) is 4.45. The van der Waals surface area contributed by atoms with Gasteiger partial charge in [0.25, 0.3) is 0 Å². The van der Waals surface area contributed by atoms with Crippen molar-refractivity contribution in [1.29, 1.82) is 0 Å². The number of phosphoric acid groups is 1. The summed E-state index contributed by atoms with van der Waals surface area (Å²) in [6, 6.07) is 0. The normalized spacial score (nSPS) is 41.2. The molecule has 2 aliphatic rings. The van der Waals surface area contributed by atoms with E-state index in [-0.39, 0.29) is 0 Å². The number of hydrogen-bond acceptors (Lipinski definition) is 2. The average molecular weight is 290 g/mol. The average Bonchev–Trinajstić information content (AvgIpc) is 2.31. The molecule has 2 fully saturated rings. The Bertz CT molecular complexity index is 343. The molecule has 2 aliphatic carbocycles. The van der Waals surface area contributed by atoms with Crippen LogP contribution in [-0.2, 0) is 9.09 Å². The maximum atomic E-state index is 11.4. The molecule has 0 saturated heterocycles. The summed E-state index contributed by atoms with van der Waals surface area (Å²) in [5, 5.41) is 0. The molecule has 0 heterocycles. The van der Waals surface area contributed by atoms with E-state index in [0.29, 0.717) is 17.8 Å². The van der Waals surface area contributed by atoms with E-state index in [1.54, 1.807) is 0 Å². The van der Waals surface area contributed by atoms with Crippen molar-refractivity contribution >= 4 is 7.82 Å². The van der Waals surface area contributed by atoms with Crippen molar-refractivity contribution in [3.05, 3.63) is 0 Å². The van der Waals surface area contributed by atoms with Crippen LogP contribution < -0.4 is 0 Å². The quantitative estimate of drug-likeness (QED) is 0.774. The van der Waals surface area contributed by atoms with Gasteiger partial charge in [0, 0.05) is 0 Å². The van der Waals surface area contributed by atoms with Gasteiger partial charge in [0.05, 0.1) is 5.60 Å². The molecule has 2 rings (SSSR count). The second kappa shape index (κ2) is 5.85. The van der Waals surface area contributed by atoms with Crippen LogP contribution in [0.4, 0.5) is 0 Å². The Hall–Kier alpha value is 0.110. The molecule has 5 heteroatoms. The zero-order chi connectivity index (χ0) is 14.1. The smallest absolute Gasteiger partial charge is 0.303 e. The molecule has 0 aromatic carbocycles. The Morgan fingerprint density at radius 2 is 1.68 bits per heavy atom.